The number of ether oxygens (including phenoxy) is 2. The second kappa shape index (κ2) is 20.4. The highest BCUT2D eigenvalue weighted by molar-refractivity contribution is 5.69. The van der Waals surface area contributed by atoms with Crippen molar-refractivity contribution in [3.63, 3.8) is 0 Å². The van der Waals surface area contributed by atoms with Crippen molar-refractivity contribution < 1.29 is 19.4 Å². The maximum Gasteiger partial charge on any atom is 0.305 e. The van der Waals surface area contributed by atoms with Gasteiger partial charge in [-0.15, -0.1) is 0 Å². The first-order valence-electron chi connectivity index (χ1n) is 10.8. The number of unbranched alkanes of at least 4 members (excludes halogenated alkanes) is 8. The molecule has 4 heteroatoms. The lowest BCUT2D eigenvalue weighted by atomic mass is 10.1. The lowest BCUT2D eigenvalue weighted by Gasteiger charge is -2.07. The third-order valence-electron chi connectivity index (χ3n) is 4.41. The molecular formula is C22H42O4. The molecular weight excluding hydrogens is 328 g/mol. The molecule has 154 valence electrons. The molecule has 0 radical (unpaired) electrons. The molecule has 0 aromatic heterocycles. The number of aliphatic hydroxyl groups is 1. The zero-order chi connectivity index (χ0) is 19.3. The maximum absolute atomic E-state index is 11.5. The van der Waals surface area contributed by atoms with Crippen LogP contribution in [-0.2, 0) is 14.3 Å². The quantitative estimate of drug-likeness (QED) is 0.183. The fraction of sp³-hybridized carbons (Fsp3) is 0.864. The summed E-state index contributed by atoms with van der Waals surface area (Å²) in [6.45, 7) is 5.65. The smallest absolute Gasteiger partial charge is 0.305 e. The van der Waals surface area contributed by atoms with Crippen LogP contribution < -0.4 is 0 Å². The predicted molar refractivity (Wildman–Crippen MR) is 108 cm³/mol. The summed E-state index contributed by atoms with van der Waals surface area (Å²) in [5.74, 6) is -0.110. The van der Waals surface area contributed by atoms with Gasteiger partial charge in [0.25, 0.3) is 0 Å². The van der Waals surface area contributed by atoms with E-state index in [1.54, 1.807) is 0 Å². The molecule has 0 heterocycles. The van der Waals surface area contributed by atoms with Gasteiger partial charge in [-0.3, -0.25) is 4.79 Å². The molecule has 4 nitrogen and oxygen atoms in total. The fourth-order valence-electron chi connectivity index (χ4n) is 2.79. The average Bonchev–Trinajstić information content (AvgIpc) is 2.64. The number of carbonyl (C=O) groups excluding carboxylic acids is 1. The predicted octanol–water partition coefficient (Wildman–Crippen LogP) is 5.57. The average molecular weight is 371 g/mol. The topological polar surface area (TPSA) is 55.8 Å². The van der Waals surface area contributed by atoms with Gasteiger partial charge in [0.15, 0.2) is 0 Å². The molecule has 0 rings (SSSR count). The molecule has 0 saturated carbocycles. The number of rotatable bonds is 19. The van der Waals surface area contributed by atoms with Crippen LogP contribution in [0, 0.1) is 0 Å². The van der Waals surface area contributed by atoms with Gasteiger partial charge in [-0.1, -0.05) is 64.0 Å². The van der Waals surface area contributed by atoms with Crippen LogP contribution in [0.4, 0.5) is 0 Å². The van der Waals surface area contributed by atoms with Crippen LogP contribution in [-0.4, -0.2) is 37.0 Å². The first-order valence-corrected chi connectivity index (χ1v) is 10.8. The van der Waals surface area contributed by atoms with Crippen LogP contribution in [0.25, 0.3) is 0 Å². The van der Waals surface area contributed by atoms with Gasteiger partial charge in [0.1, 0.15) is 6.61 Å². The van der Waals surface area contributed by atoms with Crippen LogP contribution in [0.2, 0.25) is 0 Å². The van der Waals surface area contributed by atoms with E-state index in [9.17, 15) is 9.90 Å². The van der Waals surface area contributed by atoms with Crippen LogP contribution in [0.3, 0.4) is 0 Å². The Morgan fingerprint density at radius 1 is 0.923 bits per heavy atom. The molecule has 0 bridgehead atoms. The summed E-state index contributed by atoms with van der Waals surface area (Å²) in [6, 6.07) is 0. The number of allylic oxidation sites excluding steroid dienone is 1. The van der Waals surface area contributed by atoms with E-state index in [-0.39, 0.29) is 12.1 Å². The Labute approximate surface area is 161 Å². The van der Waals surface area contributed by atoms with Crippen molar-refractivity contribution in [1.29, 1.82) is 0 Å². The minimum Gasteiger partial charge on any atom is -0.463 e. The van der Waals surface area contributed by atoms with E-state index < -0.39 is 0 Å². The van der Waals surface area contributed by atoms with Crippen LogP contribution >= 0.6 is 0 Å². The van der Waals surface area contributed by atoms with Gasteiger partial charge >= 0.3 is 5.97 Å². The molecule has 1 N–H and O–H groups in total. The van der Waals surface area contributed by atoms with Gasteiger partial charge < -0.3 is 14.6 Å². The Morgan fingerprint density at radius 3 is 2.42 bits per heavy atom. The van der Waals surface area contributed by atoms with Gasteiger partial charge in [0, 0.05) is 13.0 Å². The van der Waals surface area contributed by atoms with Gasteiger partial charge in [0.2, 0.25) is 0 Å². The fourth-order valence-corrected chi connectivity index (χ4v) is 2.79. The SMILES string of the molecule is CCCCCC[C@@H](O)CC=CCCCCCCCC(=O)OCCOCC. The number of carbonyl (C=O) groups is 1. The van der Waals surface area contributed by atoms with Crippen molar-refractivity contribution in [1.82, 2.24) is 0 Å². The molecule has 0 amide bonds. The number of aliphatic hydroxyl groups excluding tert-OH is 1. The minimum atomic E-state index is -0.170. The molecule has 0 spiro atoms. The molecule has 0 aliphatic rings. The summed E-state index contributed by atoms with van der Waals surface area (Å²) < 4.78 is 10.2. The lowest BCUT2D eigenvalue weighted by molar-refractivity contribution is -0.145. The molecule has 0 aliphatic heterocycles. The van der Waals surface area contributed by atoms with Crippen molar-refractivity contribution in [2.45, 2.75) is 103 Å². The second-order valence-electron chi connectivity index (χ2n) is 6.93. The van der Waals surface area contributed by atoms with Crippen molar-refractivity contribution in [3.05, 3.63) is 12.2 Å². The Bertz CT molecular complexity index is 328. The molecule has 0 aromatic rings. The van der Waals surface area contributed by atoms with E-state index in [1.807, 2.05) is 6.92 Å². The molecule has 0 aliphatic carbocycles. The highest BCUT2D eigenvalue weighted by Gasteiger charge is 2.02. The van der Waals surface area contributed by atoms with Crippen molar-refractivity contribution in [3.8, 4) is 0 Å². The minimum absolute atomic E-state index is 0.110. The summed E-state index contributed by atoms with van der Waals surface area (Å²) in [4.78, 5) is 11.5. The molecule has 0 saturated heterocycles. The first-order chi connectivity index (χ1) is 12.7. The Morgan fingerprint density at radius 2 is 1.65 bits per heavy atom. The zero-order valence-electron chi connectivity index (χ0n) is 17.2. The van der Waals surface area contributed by atoms with Crippen LogP contribution in [0.15, 0.2) is 12.2 Å². The van der Waals surface area contributed by atoms with Crippen molar-refractivity contribution >= 4 is 5.97 Å². The van der Waals surface area contributed by atoms with E-state index in [1.165, 1.54) is 38.5 Å². The summed E-state index contributed by atoms with van der Waals surface area (Å²) in [5.41, 5.74) is 0. The Hall–Kier alpha value is -0.870. The number of hydrogen-bond acceptors (Lipinski definition) is 4. The van der Waals surface area contributed by atoms with E-state index >= 15 is 0 Å². The third-order valence-corrected chi connectivity index (χ3v) is 4.41. The molecule has 1 atom stereocenters. The highest BCUT2D eigenvalue weighted by Crippen LogP contribution is 2.10. The van der Waals surface area contributed by atoms with Gasteiger partial charge in [-0.05, 0) is 39.0 Å². The molecule has 0 aromatic carbocycles. The summed E-state index contributed by atoms with van der Waals surface area (Å²) >= 11 is 0. The number of hydrogen-bond donors (Lipinski definition) is 1. The lowest BCUT2D eigenvalue weighted by Crippen LogP contribution is -2.10. The van der Waals surface area contributed by atoms with E-state index in [0.29, 0.717) is 26.2 Å². The van der Waals surface area contributed by atoms with E-state index in [2.05, 4.69) is 19.1 Å². The monoisotopic (exact) mass is 370 g/mol. The summed E-state index contributed by atoms with van der Waals surface area (Å²) in [6.07, 6.45) is 17.9. The maximum atomic E-state index is 11.5. The van der Waals surface area contributed by atoms with Crippen molar-refractivity contribution in [2.75, 3.05) is 19.8 Å². The van der Waals surface area contributed by atoms with E-state index in [0.717, 1.165) is 38.5 Å². The van der Waals surface area contributed by atoms with Gasteiger partial charge in [-0.2, -0.15) is 0 Å². The van der Waals surface area contributed by atoms with Crippen LogP contribution in [0.5, 0.6) is 0 Å². The van der Waals surface area contributed by atoms with Crippen LogP contribution in [0.1, 0.15) is 97.3 Å². The van der Waals surface area contributed by atoms with Crippen molar-refractivity contribution in [2.24, 2.45) is 0 Å². The first kappa shape index (κ1) is 25.1. The largest absolute Gasteiger partial charge is 0.463 e. The Kier molecular flexibility index (Phi) is 19.8. The van der Waals surface area contributed by atoms with Gasteiger partial charge in [-0.25, -0.2) is 0 Å². The standard InChI is InChI=1S/C22H42O4/c1-3-5-6-13-16-21(23)17-14-11-9-7-8-10-12-15-18-22(24)26-20-19-25-4-2/h11,14,21,23H,3-10,12-13,15-20H2,1-2H3/t21-/m1/s1. The Balaban J connectivity index is 3.30. The second-order valence-corrected chi connectivity index (χ2v) is 6.93. The molecule has 0 unspecified atom stereocenters. The molecule has 26 heavy (non-hydrogen) atoms. The van der Waals surface area contributed by atoms with E-state index in [4.69, 9.17) is 9.47 Å². The zero-order valence-corrected chi connectivity index (χ0v) is 17.2. The summed E-state index contributed by atoms with van der Waals surface area (Å²) in [5, 5.41) is 9.88. The number of esters is 1. The third kappa shape index (κ3) is 19.5. The summed E-state index contributed by atoms with van der Waals surface area (Å²) in [7, 11) is 0. The van der Waals surface area contributed by atoms with Gasteiger partial charge in [0.05, 0.1) is 12.7 Å². The normalized spacial score (nSPS) is 12.6. The highest BCUT2D eigenvalue weighted by atomic mass is 16.6. The molecule has 0 fully saturated rings.